The molecule has 1 aromatic carbocycles. The summed E-state index contributed by atoms with van der Waals surface area (Å²) in [5.41, 5.74) is -0.441. The highest BCUT2D eigenvalue weighted by Gasteiger charge is 2.34. The van der Waals surface area contributed by atoms with E-state index in [1.54, 1.807) is 11.0 Å². The molecule has 0 amide bonds. The van der Waals surface area contributed by atoms with E-state index < -0.39 is 23.6 Å². The van der Waals surface area contributed by atoms with Crippen molar-refractivity contribution in [3.05, 3.63) is 35.4 Å². The van der Waals surface area contributed by atoms with Gasteiger partial charge in [-0.2, -0.15) is 13.2 Å². The van der Waals surface area contributed by atoms with Gasteiger partial charge in [0.25, 0.3) is 0 Å². The summed E-state index contributed by atoms with van der Waals surface area (Å²) in [4.78, 5) is 12.8. The number of alkyl halides is 3. The second-order valence-corrected chi connectivity index (χ2v) is 5.07. The van der Waals surface area contributed by atoms with Crippen LogP contribution in [0.25, 0.3) is 0 Å². The molecule has 0 aliphatic carbocycles. The summed E-state index contributed by atoms with van der Waals surface area (Å²) in [5.74, 6) is -1.36. The van der Waals surface area contributed by atoms with Crippen molar-refractivity contribution in [2.75, 3.05) is 13.1 Å². The standard InChI is InChI=1S/C14H16F3NO2/c15-14(16,17)12-6-2-1-4-10(12)8-18-7-3-5-11(9-18)13(19)20/h1-2,4,6,11H,3,5,7-9H2,(H,19,20)/t11-/m0/s1. The minimum Gasteiger partial charge on any atom is -0.481 e. The average Bonchev–Trinajstić information content (AvgIpc) is 2.38. The first-order valence-electron chi connectivity index (χ1n) is 6.48. The van der Waals surface area contributed by atoms with Crippen LogP contribution in [0.3, 0.4) is 0 Å². The number of aliphatic carboxylic acids is 1. The first kappa shape index (κ1) is 14.8. The van der Waals surface area contributed by atoms with Crippen molar-refractivity contribution in [1.29, 1.82) is 0 Å². The third-order valence-electron chi connectivity index (χ3n) is 3.57. The van der Waals surface area contributed by atoms with Crippen molar-refractivity contribution >= 4 is 5.97 Å². The third kappa shape index (κ3) is 3.50. The van der Waals surface area contributed by atoms with Gasteiger partial charge in [-0.15, -0.1) is 0 Å². The van der Waals surface area contributed by atoms with Gasteiger partial charge in [-0.3, -0.25) is 9.69 Å². The quantitative estimate of drug-likeness (QED) is 0.929. The minimum atomic E-state index is -4.38. The van der Waals surface area contributed by atoms with Gasteiger partial charge in [-0.25, -0.2) is 0 Å². The minimum absolute atomic E-state index is 0.138. The lowest BCUT2D eigenvalue weighted by Crippen LogP contribution is -2.38. The van der Waals surface area contributed by atoms with Gasteiger partial charge in [0.2, 0.25) is 0 Å². The first-order valence-corrected chi connectivity index (χ1v) is 6.48. The zero-order valence-corrected chi connectivity index (χ0v) is 10.9. The first-order chi connectivity index (χ1) is 9.38. The largest absolute Gasteiger partial charge is 0.481 e. The van der Waals surface area contributed by atoms with E-state index in [2.05, 4.69) is 0 Å². The Bertz CT molecular complexity index is 488. The molecular weight excluding hydrogens is 271 g/mol. The van der Waals surface area contributed by atoms with Crippen LogP contribution in [0.2, 0.25) is 0 Å². The molecule has 1 atom stereocenters. The second-order valence-electron chi connectivity index (χ2n) is 5.07. The number of carbonyl (C=O) groups is 1. The number of carboxylic acids is 1. The van der Waals surface area contributed by atoms with Gasteiger partial charge < -0.3 is 5.11 Å². The number of hydrogen-bond donors (Lipinski definition) is 1. The number of halogens is 3. The number of hydrogen-bond acceptors (Lipinski definition) is 2. The van der Waals surface area contributed by atoms with Crippen LogP contribution in [0.5, 0.6) is 0 Å². The number of rotatable bonds is 3. The molecule has 1 aromatic rings. The van der Waals surface area contributed by atoms with E-state index in [1.807, 2.05) is 0 Å². The molecule has 1 N–H and O–H groups in total. The molecular formula is C14H16F3NO2. The van der Waals surface area contributed by atoms with Gasteiger partial charge >= 0.3 is 12.1 Å². The Kier molecular flexibility index (Phi) is 4.32. The summed E-state index contributed by atoms with van der Waals surface area (Å²) < 4.78 is 38.7. The van der Waals surface area contributed by atoms with Crippen LogP contribution in [0.4, 0.5) is 13.2 Å². The Morgan fingerprint density at radius 2 is 2.05 bits per heavy atom. The highest BCUT2D eigenvalue weighted by Crippen LogP contribution is 2.32. The summed E-state index contributed by atoms with van der Waals surface area (Å²) in [6.07, 6.45) is -3.09. The van der Waals surface area contributed by atoms with Crippen LogP contribution in [0.1, 0.15) is 24.0 Å². The molecule has 0 saturated carbocycles. The van der Waals surface area contributed by atoms with Crippen molar-refractivity contribution < 1.29 is 23.1 Å². The molecule has 1 fully saturated rings. The van der Waals surface area contributed by atoms with E-state index in [0.717, 1.165) is 6.07 Å². The zero-order valence-electron chi connectivity index (χ0n) is 10.9. The molecule has 1 saturated heterocycles. The van der Waals surface area contributed by atoms with Crippen LogP contribution in [0, 0.1) is 5.92 Å². The van der Waals surface area contributed by atoms with Crippen LogP contribution < -0.4 is 0 Å². The maximum Gasteiger partial charge on any atom is 0.416 e. The lowest BCUT2D eigenvalue weighted by Gasteiger charge is -2.31. The number of piperidine rings is 1. The highest BCUT2D eigenvalue weighted by atomic mass is 19.4. The van der Waals surface area contributed by atoms with Gasteiger partial charge in [0.15, 0.2) is 0 Å². The van der Waals surface area contributed by atoms with Crippen LogP contribution in [-0.4, -0.2) is 29.1 Å². The second kappa shape index (κ2) is 5.83. The van der Waals surface area contributed by atoms with Crippen molar-refractivity contribution in [2.24, 2.45) is 5.92 Å². The molecule has 20 heavy (non-hydrogen) atoms. The predicted octanol–water partition coefficient (Wildman–Crippen LogP) is 3.00. The lowest BCUT2D eigenvalue weighted by molar-refractivity contribution is -0.144. The number of likely N-dealkylation sites (tertiary alicyclic amines) is 1. The van der Waals surface area contributed by atoms with E-state index in [-0.39, 0.29) is 12.1 Å². The summed E-state index contributed by atoms with van der Waals surface area (Å²) >= 11 is 0. The number of nitrogens with zero attached hydrogens (tertiary/aromatic N) is 1. The van der Waals surface area contributed by atoms with Gasteiger partial charge in [0, 0.05) is 13.1 Å². The molecule has 1 aliphatic rings. The molecule has 6 heteroatoms. The van der Waals surface area contributed by atoms with Gasteiger partial charge in [-0.1, -0.05) is 18.2 Å². The zero-order chi connectivity index (χ0) is 14.8. The van der Waals surface area contributed by atoms with E-state index in [4.69, 9.17) is 5.11 Å². The van der Waals surface area contributed by atoms with Gasteiger partial charge in [0.1, 0.15) is 0 Å². The number of benzene rings is 1. The highest BCUT2D eigenvalue weighted by molar-refractivity contribution is 5.70. The Hall–Kier alpha value is -1.56. The van der Waals surface area contributed by atoms with Crippen molar-refractivity contribution in [3.63, 3.8) is 0 Å². The molecule has 0 aromatic heterocycles. The number of carboxylic acid groups (broad SMARTS) is 1. The van der Waals surface area contributed by atoms with Gasteiger partial charge in [-0.05, 0) is 31.0 Å². The Morgan fingerprint density at radius 1 is 1.35 bits per heavy atom. The molecule has 0 radical (unpaired) electrons. The smallest absolute Gasteiger partial charge is 0.416 e. The maximum atomic E-state index is 12.9. The maximum absolute atomic E-state index is 12.9. The monoisotopic (exact) mass is 287 g/mol. The molecule has 0 bridgehead atoms. The summed E-state index contributed by atoms with van der Waals surface area (Å²) in [6, 6.07) is 5.45. The predicted molar refractivity (Wildman–Crippen MR) is 67.1 cm³/mol. The van der Waals surface area contributed by atoms with Crippen molar-refractivity contribution in [1.82, 2.24) is 4.90 Å². The topological polar surface area (TPSA) is 40.5 Å². The van der Waals surface area contributed by atoms with Crippen LogP contribution >= 0.6 is 0 Å². The van der Waals surface area contributed by atoms with Gasteiger partial charge in [0.05, 0.1) is 11.5 Å². The fraction of sp³-hybridized carbons (Fsp3) is 0.500. The molecule has 110 valence electrons. The van der Waals surface area contributed by atoms with Crippen LogP contribution in [-0.2, 0) is 17.5 Å². The Labute approximate surface area is 115 Å². The molecule has 3 nitrogen and oxygen atoms in total. The summed E-state index contributed by atoms with van der Waals surface area (Å²) in [5, 5.41) is 9.00. The molecule has 0 spiro atoms. The SMILES string of the molecule is O=C(O)[C@H]1CCCN(Cc2ccccc2C(F)(F)F)C1. The molecule has 1 heterocycles. The van der Waals surface area contributed by atoms with E-state index in [9.17, 15) is 18.0 Å². The van der Waals surface area contributed by atoms with Crippen molar-refractivity contribution in [3.8, 4) is 0 Å². The fourth-order valence-electron chi connectivity index (χ4n) is 2.58. The van der Waals surface area contributed by atoms with E-state index in [0.29, 0.717) is 25.9 Å². The third-order valence-corrected chi connectivity index (χ3v) is 3.57. The molecule has 2 rings (SSSR count). The molecule has 1 aliphatic heterocycles. The summed E-state index contributed by atoms with van der Waals surface area (Å²) in [7, 11) is 0. The van der Waals surface area contributed by atoms with E-state index in [1.165, 1.54) is 12.1 Å². The summed E-state index contributed by atoms with van der Waals surface area (Å²) in [6.45, 7) is 1.08. The Balaban J connectivity index is 2.12. The lowest BCUT2D eigenvalue weighted by atomic mass is 9.97. The molecule has 0 unspecified atom stereocenters. The van der Waals surface area contributed by atoms with E-state index >= 15 is 0 Å². The van der Waals surface area contributed by atoms with Crippen LogP contribution in [0.15, 0.2) is 24.3 Å². The fourth-order valence-corrected chi connectivity index (χ4v) is 2.58. The normalized spacial score (nSPS) is 20.9. The Morgan fingerprint density at radius 3 is 2.70 bits per heavy atom. The average molecular weight is 287 g/mol. The van der Waals surface area contributed by atoms with Crippen molar-refractivity contribution in [2.45, 2.75) is 25.6 Å².